The fraction of sp³-hybridized carbons (Fsp3) is 0.143. The minimum atomic E-state index is -0.861. The topological polar surface area (TPSA) is 66.4 Å². The number of amides is 1. The summed E-state index contributed by atoms with van der Waals surface area (Å²) in [5.74, 6) is -1.09. The number of carbonyl (C=O) groups is 2. The highest BCUT2D eigenvalue weighted by atomic mass is 79.9. The smallest absolute Gasteiger partial charge is 0.303 e. The average Bonchev–Trinajstić information content (AvgIpc) is 2.76. The number of aliphatic carboxylic acids is 1. The number of benzene rings is 1. The van der Waals surface area contributed by atoms with Gasteiger partial charge in [-0.25, -0.2) is 0 Å². The molecule has 0 spiro atoms. The van der Waals surface area contributed by atoms with Crippen LogP contribution in [-0.2, 0) is 11.2 Å². The van der Waals surface area contributed by atoms with Crippen LogP contribution in [0.2, 0.25) is 0 Å². The molecule has 110 valence electrons. The molecule has 0 aliphatic carbocycles. The van der Waals surface area contributed by atoms with Gasteiger partial charge in [-0.3, -0.25) is 9.59 Å². The van der Waals surface area contributed by atoms with E-state index < -0.39 is 5.97 Å². The van der Waals surface area contributed by atoms with Crippen LogP contribution in [0.25, 0.3) is 0 Å². The molecule has 2 N–H and O–H groups in total. The average molecular weight is 433 g/mol. The molecule has 0 atom stereocenters. The summed E-state index contributed by atoms with van der Waals surface area (Å²) < 4.78 is 1.61. The van der Waals surface area contributed by atoms with Crippen molar-refractivity contribution in [2.45, 2.75) is 12.8 Å². The third-order valence-electron chi connectivity index (χ3n) is 2.78. The molecule has 21 heavy (non-hydrogen) atoms. The highest BCUT2D eigenvalue weighted by Gasteiger charge is 2.15. The quantitative estimate of drug-likeness (QED) is 0.728. The number of rotatable bonds is 5. The number of halogens is 2. The van der Waals surface area contributed by atoms with Crippen LogP contribution in [0.5, 0.6) is 0 Å². The summed E-state index contributed by atoms with van der Waals surface area (Å²) >= 11 is 8.11. The van der Waals surface area contributed by atoms with Crippen molar-refractivity contribution < 1.29 is 14.7 Å². The molecule has 0 aliphatic rings. The molecular weight excluding hydrogens is 422 g/mol. The second-order valence-electron chi connectivity index (χ2n) is 4.24. The van der Waals surface area contributed by atoms with Gasteiger partial charge >= 0.3 is 5.97 Å². The summed E-state index contributed by atoms with van der Waals surface area (Å²) in [6.45, 7) is 0. The first kappa shape index (κ1) is 16.2. The SMILES string of the molecule is O=C(O)CCc1ccccc1NC(=O)c1cc(Br)sc1Br. The van der Waals surface area contributed by atoms with Crippen molar-refractivity contribution >= 4 is 60.8 Å². The molecule has 4 nitrogen and oxygen atoms in total. The molecule has 0 bridgehead atoms. The molecule has 0 saturated heterocycles. The first-order chi connectivity index (χ1) is 9.97. The zero-order valence-electron chi connectivity index (χ0n) is 10.7. The molecule has 1 amide bonds. The van der Waals surface area contributed by atoms with Crippen LogP contribution < -0.4 is 5.32 Å². The standard InChI is InChI=1S/C14H11Br2NO3S/c15-11-7-9(13(16)21-11)14(20)17-10-4-2-1-3-8(10)5-6-12(18)19/h1-4,7H,5-6H2,(H,17,20)(H,18,19). The molecule has 0 unspecified atom stereocenters. The van der Waals surface area contributed by atoms with Crippen molar-refractivity contribution in [1.29, 1.82) is 0 Å². The van der Waals surface area contributed by atoms with E-state index in [1.54, 1.807) is 18.2 Å². The van der Waals surface area contributed by atoms with Crippen molar-refractivity contribution in [1.82, 2.24) is 0 Å². The number of aryl methyl sites for hydroxylation is 1. The lowest BCUT2D eigenvalue weighted by atomic mass is 10.1. The van der Waals surface area contributed by atoms with Gasteiger partial charge in [0.1, 0.15) is 0 Å². The monoisotopic (exact) mass is 431 g/mol. The molecule has 0 fully saturated rings. The van der Waals surface area contributed by atoms with Crippen molar-refractivity contribution in [2.75, 3.05) is 5.32 Å². The molecule has 2 rings (SSSR count). The van der Waals surface area contributed by atoms with E-state index in [0.717, 1.165) is 13.1 Å². The van der Waals surface area contributed by atoms with Crippen molar-refractivity contribution in [3.8, 4) is 0 Å². The van der Waals surface area contributed by atoms with Crippen LogP contribution in [0.4, 0.5) is 5.69 Å². The van der Waals surface area contributed by atoms with Crippen LogP contribution >= 0.6 is 43.2 Å². The van der Waals surface area contributed by atoms with Crippen molar-refractivity contribution in [3.05, 3.63) is 49.0 Å². The Hall–Kier alpha value is -1.18. The Morgan fingerprint density at radius 3 is 2.57 bits per heavy atom. The number of para-hydroxylation sites is 1. The minimum Gasteiger partial charge on any atom is -0.481 e. The molecule has 0 saturated carbocycles. The summed E-state index contributed by atoms with van der Waals surface area (Å²) in [5.41, 5.74) is 1.98. The number of thiophene rings is 1. The molecule has 0 radical (unpaired) electrons. The Morgan fingerprint density at radius 1 is 1.24 bits per heavy atom. The number of hydrogen-bond donors (Lipinski definition) is 2. The van der Waals surface area contributed by atoms with Crippen LogP contribution in [-0.4, -0.2) is 17.0 Å². The Labute approximate surface area is 142 Å². The maximum atomic E-state index is 12.3. The van der Waals surface area contributed by atoms with E-state index >= 15 is 0 Å². The molecule has 0 aliphatic heterocycles. The van der Waals surface area contributed by atoms with Crippen molar-refractivity contribution in [2.24, 2.45) is 0 Å². The highest BCUT2D eigenvalue weighted by Crippen LogP contribution is 2.32. The Balaban J connectivity index is 2.17. The van der Waals surface area contributed by atoms with Gasteiger partial charge in [-0.15, -0.1) is 11.3 Å². The summed E-state index contributed by atoms with van der Waals surface area (Å²) in [6, 6.07) is 8.95. The summed E-state index contributed by atoms with van der Waals surface area (Å²) in [7, 11) is 0. The summed E-state index contributed by atoms with van der Waals surface area (Å²) in [4.78, 5) is 22.9. The Bertz CT molecular complexity index is 685. The van der Waals surface area contributed by atoms with Gasteiger partial charge in [0.25, 0.3) is 5.91 Å². The van der Waals surface area contributed by atoms with E-state index in [4.69, 9.17) is 5.11 Å². The van der Waals surface area contributed by atoms with E-state index in [1.165, 1.54) is 11.3 Å². The van der Waals surface area contributed by atoms with E-state index in [-0.39, 0.29) is 12.3 Å². The first-order valence-electron chi connectivity index (χ1n) is 6.03. The fourth-order valence-electron chi connectivity index (χ4n) is 1.79. The van der Waals surface area contributed by atoms with Gasteiger partial charge in [0.05, 0.1) is 13.1 Å². The number of anilines is 1. The lowest BCUT2D eigenvalue weighted by molar-refractivity contribution is -0.136. The minimum absolute atomic E-state index is 0.0284. The van der Waals surface area contributed by atoms with Gasteiger partial charge in [0, 0.05) is 12.1 Å². The van der Waals surface area contributed by atoms with Crippen molar-refractivity contribution in [3.63, 3.8) is 0 Å². The van der Waals surface area contributed by atoms with Gasteiger partial charge in [-0.05, 0) is 56.0 Å². The maximum Gasteiger partial charge on any atom is 0.303 e. The molecule has 1 heterocycles. The van der Waals surface area contributed by atoms with E-state index in [1.807, 2.05) is 12.1 Å². The molecule has 1 aromatic heterocycles. The van der Waals surface area contributed by atoms with Crippen LogP contribution in [0, 0.1) is 0 Å². The number of carboxylic acids is 1. The number of nitrogens with one attached hydrogen (secondary N) is 1. The van der Waals surface area contributed by atoms with Crippen LogP contribution in [0.3, 0.4) is 0 Å². The first-order valence-corrected chi connectivity index (χ1v) is 8.43. The van der Waals surface area contributed by atoms with E-state index in [9.17, 15) is 9.59 Å². The second kappa shape index (κ2) is 7.20. The van der Waals surface area contributed by atoms with E-state index in [2.05, 4.69) is 37.2 Å². The van der Waals surface area contributed by atoms with Gasteiger partial charge in [0.2, 0.25) is 0 Å². The van der Waals surface area contributed by atoms with E-state index in [0.29, 0.717) is 17.7 Å². The maximum absolute atomic E-state index is 12.3. The van der Waals surface area contributed by atoms with Gasteiger partial charge in [-0.1, -0.05) is 18.2 Å². The number of carbonyl (C=O) groups excluding carboxylic acids is 1. The zero-order chi connectivity index (χ0) is 15.4. The van der Waals surface area contributed by atoms with Crippen LogP contribution in [0.1, 0.15) is 22.3 Å². The molecule has 1 aromatic carbocycles. The molecule has 2 aromatic rings. The second-order valence-corrected chi connectivity index (χ2v) is 7.99. The van der Waals surface area contributed by atoms with Crippen LogP contribution in [0.15, 0.2) is 37.9 Å². The molecular formula is C14H11Br2NO3S. The normalized spacial score (nSPS) is 10.4. The summed E-state index contributed by atoms with van der Waals surface area (Å²) in [6.07, 6.45) is 0.404. The Morgan fingerprint density at radius 2 is 1.95 bits per heavy atom. The predicted molar refractivity (Wildman–Crippen MR) is 90.1 cm³/mol. The lowest BCUT2D eigenvalue weighted by Crippen LogP contribution is -2.13. The molecule has 7 heteroatoms. The lowest BCUT2D eigenvalue weighted by Gasteiger charge is -2.10. The fourth-order valence-corrected chi connectivity index (χ4v) is 4.58. The summed E-state index contributed by atoms with van der Waals surface area (Å²) in [5, 5.41) is 11.6. The number of hydrogen-bond acceptors (Lipinski definition) is 3. The third-order valence-corrected chi connectivity index (χ3v) is 5.11. The Kier molecular flexibility index (Phi) is 5.55. The van der Waals surface area contributed by atoms with Gasteiger partial charge in [-0.2, -0.15) is 0 Å². The third kappa shape index (κ3) is 4.39. The zero-order valence-corrected chi connectivity index (χ0v) is 14.7. The predicted octanol–water partition coefficient (Wildman–Crippen LogP) is 4.54. The van der Waals surface area contributed by atoms with Gasteiger partial charge in [0.15, 0.2) is 0 Å². The largest absolute Gasteiger partial charge is 0.481 e. The highest BCUT2D eigenvalue weighted by molar-refractivity contribution is 9.12. The number of carboxylic acid groups (broad SMARTS) is 1. The van der Waals surface area contributed by atoms with Gasteiger partial charge < -0.3 is 10.4 Å².